The molecule has 1 aromatic rings. The molecule has 16 heavy (non-hydrogen) atoms. The van der Waals surface area contributed by atoms with E-state index in [1.54, 1.807) is 17.9 Å². The average molecular weight is 259 g/mol. The minimum absolute atomic E-state index is 0.0792. The van der Waals surface area contributed by atoms with Gasteiger partial charge in [-0.05, 0) is 19.1 Å². The van der Waals surface area contributed by atoms with Gasteiger partial charge < -0.3 is 10.6 Å². The Balaban J connectivity index is 2.71. The predicted octanol–water partition coefficient (Wildman–Crippen LogP) is 2.26. The van der Waals surface area contributed by atoms with E-state index in [0.717, 1.165) is 9.21 Å². The van der Waals surface area contributed by atoms with Gasteiger partial charge in [0.25, 0.3) is 0 Å². The normalized spacial score (nSPS) is 12.2. The second-order valence-electron chi connectivity index (χ2n) is 3.50. The number of nitrogens with two attached hydrogens (primary N) is 1. The Morgan fingerprint density at radius 2 is 2.44 bits per heavy atom. The van der Waals surface area contributed by atoms with Crippen LogP contribution in [0.25, 0.3) is 0 Å². The Labute approximate surface area is 105 Å². The lowest BCUT2D eigenvalue weighted by atomic mass is 10.3. The molecule has 1 amide bonds. The topological polar surface area (TPSA) is 46.3 Å². The highest BCUT2D eigenvalue weighted by atomic mass is 35.5. The maximum Gasteiger partial charge on any atom is 0.239 e. The van der Waals surface area contributed by atoms with Crippen molar-refractivity contribution in [2.75, 3.05) is 6.54 Å². The van der Waals surface area contributed by atoms with E-state index in [9.17, 15) is 4.79 Å². The highest BCUT2D eigenvalue weighted by Gasteiger charge is 2.17. The van der Waals surface area contributed by atoms with Crippen molar-refractivity contribution < 1.29 is 4.79 Å². The second-order valence-corrected chi connectivity index (χ2v) is 5.30. The first-order valence-corrected chi connectivity index (χ1v) is 6.13. The number of carbonyl (C=O) groups excluding carboxylic acids is 1. The fraction of sp³-hybridized carbons (Fsp3) is 0.364. The molecule has 0 aliphatic rings. The third-order valence-electron chi connectivity index (χ3n) is 2.03. The van der Waals surface area contributed by atoms with Crippen LogP contribution in [0.15, 0.2) is 24.8 Å². The summed E-state index contributed by atoms with van der Waals surface area (Å²) in [5.41, 5.74) is 5.58. The molecular weight excluding hydrogens is 244 g/mol. The number of hydrogen-bond donors (Lipinski definition) is 1. The van der Waals surface area contributed by atoms with Crippen molar-refractivity contribution >= 4 is 28.8 Å². The summed E-state index contributed by atoms with van der Waals surface area (Å²) in [6, 6.07) is 3.25. The summed E-state index contributed by atoms with van der Waals surface area (Å²) >= 11 is 7.30. The first-order chi connectivity index (χ1) is 7.54. The van der Waals surface area contributed by atoms with Gasteiger partial charge in [-0.3, -0.25) is 4.79 Å². The van der Waals surface area contributed by atoms with Crippen LogP contribution >= 0.6 is 22.9 Å². The van der Waals surface area contributed by atoms with Crippen LogP contribution in [0.1, 0.15) is 11.8 Å². The molecule has 0 saturated carbocycles. The summed E-state index contributed by atoms with van der Waals surface area (Å²) in [6.07, 6.45) is 1.69. The van der Waals surface area contributed by atoms with E-state index in [-0.39, 0.29) is 5.91 Å². The second kappa shape index (κ2) is 6.03. The smallest absolute Gasteiger partial charge is 0.239 e. The summed E-state index contributed by atoms with van der Waals surface area (Å²) < 4.78 is 0.724. The molecule has 1 heterocycles. The van der Waals surface area contributed by atoms with E-state index < -0.39 is 6.04 Å². The zero-order valence-electron chi connectivity index (χ0n) is 9.15. The van der Waals surface area contributed by atoms with Crippen LogP contribution in [0.3, 0.4) is 0 Å². The van der Waals surface area contributed by atoms with Crippen LogP contribution in [0.2, 0.25) is 4.34 Å². The van der Waals surface area contributed by atoms with Crippen LogP contribution < -0.4 is 5.73 Å². The Bertz CT molecular complexity index is 376. The van der Waals surface area contributed by atoms with E-state index in [0.29, 0.717) is 13.1 Å². The lowest BCUT2D eigenvalue weighted by molar-refractivity contribution is -0.132. The molecule has 0 fully saturated rings. The third-order valence-corrected chi connectivity index (χ3v) is 3.24. The van der Waals surface area contributed by atoms with E-state index >= 15 is 0 Å². The summed E-state index contributed by atoms with van der Waals surface area (Å²) in [5.74, 6) is -0.0792. The standard InChI is InChI=1S/C11H15ClN2OS/c1-3-6-14(11(15)8(2)13)7-9-4-5-10(12)16-9/h3-5,8H,1,6-7,13H2,2H3. The molecule has 1 atom stereocenters. The molecular formula is C11H15ClN2OS. The van der Waals surface area contributed by atoms with Crippen molar-refractivity contribution in [3.8, 4) is 0 Å². The summed E-state index contributed by atoms with van der Waals surface area (Å²) in [5, 5.41) is 0. The van der Waals surface area contributed by atoms with Crippen molar-refractivity contribution in [1.82, 2.24) is 4.90 Å². The summed E-state index contributed by atoms with van der Waals surface area (Å²) in [7, 11) is 0. The van der Waals surface area contributed by atoms with Crippen molar-refractivity contribution in [3.63, 3.8) is 0 Å². The number of thiophene rings is 1. The highest BCUT2D eigenvalue weighted by molar-refractivity contribution is 7.16. The van der Waals surface area contributed by atoms with Gasteiger partial charge in [-0.1, -0.05) is 17.7 Å². The summed E-state index contributed by atoms with van der Waals surface area (Å²) in [4.78, 5) is 14.5. The molecule has 0 spiro atoms. The van der Waals surface area contributed by atoms with Crippen LogP contribution in [0.5, 0.6) is 0 Å². The molecule has 88 valence electrons. The fourth-order valence-corrected chi connectivity index (χ4v) is 2.40. The van der Waals surface area contributed by atoms with Crippen molar-refractivity contribution in [2.24, 2.45) is 5.73 Å². The predicted molar refractivity (Wildman–Crippen MR) is 68.6 cm³/mol. The molecule has 3 nitrogen and oxygen atoms in total. The van der Waals surface area contributed by atoms with Crippen LogP contribution in [-0.2, 0) is 11.3 Å². The van der Waals surface area contributed by atoms with Gasteiger partial charge in [-0.25, -0.2) is 0 Å². The van der Waals surface area contributed by atoms with Crippen LogP contribution in [0, 0.1) is 0 Å². The first kappa shape index (κ1) is 13.2. The number of halogens is 1. The molecule has 0 aromatic carbocycles. The molecule has 0 aliphatic heterocycles. The van der Waals surface area contributed by atoms with Crippen LogP contribution in [-0.4, -0.2) is 23.4 Å². The van der Waals surface area contributed by atoms with Crippen molar-refractivity contribution in [1.29, 1.82) is 0 Å². The lowest BCUT2D eigenvalue weighted by Gasteiger charge is -2.22. The number of rotatable bonds is 5. The molecule has 2 N–H and O–H groups in total. The first-order valence-electron chi connectivity index (χ1n) is 4.94. The molecule has 0 radical (unpaired) electrons. The SMILES string of the molecule is C=CCN(Cc1ccc(Cl)s1)C(=O)C(C)N. The monoisotopic (exact) mass is 258 g/mol. The lowest BCUT2D eigenvalue weighted by Crippen LogP contribution is -2.41. The molecule has 1 aromatic heterocycles. The molecule has 0 saturated heterocycles. The number of nitrogens with zero attached hydrogens (tertiary/aromatic N) is 1. The average Bonchev–Trinajstić information content (AvgIpc) is 2.62. The van der Waals surface area contributed by atoms with E-state index in [1.165, 1.54) is 11.3 Å². The van der Waals surface area contributed by atoms with Crippen LogP contribution in [0.4, 0.5) is 0 Å². The zero-order chi connectivity index (χ0) is 12.1. The molecule has 1 unspecified atom stereocenters. The van der Waals surface area contributed by atoms with Gasteiger partial charge >= 0.3 is 0 Å². The third kappa shape index (κ3) is 3.63. The van der Waals surface area contributed by atoms with Gasteiger partial charge in [-0.15, -0.1) is 17.9 Å². The zero-order valence-corrected chi connectivity index (χ0v) is 10.7. The van der Waals surface area contributed by atoms with E-state index in [1.807, 2.05) is 12.1 Å². The largest absolute Gasteiger partial charge is 0.333 e. The minimum Gasteiger partial charge on any atom is -0.333 e. The Morgan fingerprint density at radius 1 is 1.75 bits per heavy atom. The number of carbonyl (C=O) groups is 1. The molecule has 1 rings (SSSR count). The quantitative estimate of drug-likeness (QED) is 0.824. The van der Waals surface area contributed by atoms with Gasteiger partial charge in [0.2, 0.25) is 5.91 Å². The highest BCUT2D eigenvalue weighted by Crippen LogP contribution is 2.22. The maximum absolute atomic E-state index is 11.8. The van der Waals surface area contributed by atoms with Gasteiger partial charge in [0, 0.05) is 11.4 Å². The van der Waals surface area contributed by atoms with Gasteiger partial charge in [0.15, 0.2) is 0 Å². The van der Waals surface area contributed by atoms with Crippen molar-refractivity contribution in [3.05, 3.63) is 34.0 Å². The maximum atomic E-state index is 11.8. The Kier molecular flexibility index (Phi) is 4.99. The van der Waals surface area contributed by atoms with Gasteiger partial charge in [-0.2, -0.15) is 0 Å². The fourth-order valence-electron chi connectivity index (χ4n) is 1.30. The van der Waals surface area contributed by atoms with Gasteiger partial charge in [0.1, 0.15) is 0 Å². The molecule has 5 heteroatoms. The molecule has 0 bridgehead atoms. The summed E-state index contributed by atoms with van der Waals surface area (Å²) in [6.45, 7) is 6.34. The van der Waals surface area contributed by atoms with E-state index in [2.05, 4.69) is 6.58 Å². The van der Waals surface area contributed by atoms with E-state index in [4.69, 9.17) is 17.3 Å². The number of hydrogen-bond acceptors (Lipinski definition) is 3. The Hall–Kier alpha value is -0.840. The Morgan fingerprint density at radius 3 is 2.88 bits per heavy atom. The number of amides is 1. The minimum atomic E-state index is -0.490. The van der Waals surface area contributed by atoms with Crippen molar-refractivity contribution in [2.45, 2.75) is 19.5 Å². The molecule has 0 aliphatic carbocycles. The van der Waals surface area contributed by atoms with Gasteiger partial charge in [0.05, 0.1) is 16.9 Å².